The lowest BCUT2D eigenvalue weighted by Crippen LogP contribution is -2.35. The second-order valence-corrected chi connectivity index (χ2v) is 8.54. The van der Waals surface area contributed by atoms with Crippen LogP contribution in [-0.4, -0.2) is 32.1 Å². The molecule has 4 aromatic rings. The predicted molar refractivity (Wildman–Crippen MR) is 122 cm³/mol. The number of nitrogens with zero attached hydrogens (tertiary/aromatic N) is 3. The van der Waals surface area contributed by atoms with Crippen LogP contribution in [0.15, 0.2) is 60.8 Å². The van der Waals surface area contributed by atoms with E-state index in [0.717, 1.165) is 10.9 Å². The molecule has 1 N–H and O–H groups in total. The lowest BCUT2D eigenvalue weighted by atomic mass is 9.93. The maximum Gasteiger partial charge on any atom is 0.259 e. The fourth-order valence-corrected chi connectivity index (χ4v) is 3.97. The first kappa shape index (κ1) is 19.9. The number of Topliss-reactive ketones (excluding diaryl/α,β-unsaturated/α-hetero) is 1. The quantitative estimate of drug-likeness (QED) is 0.512. The van der Waals surface area contributed by atoms with Crippen LogP contribution in [0, 0.1) is 6.92 Å². The molecule has 3 heterocycles. The summed E-state index contributed by atoms with van der Waals surface area (Å²) in [5, 5.41) is 8.27. The molecule has 0 atom stereocenters. The van der Waals surface area contributed by atoms with E-state index in [1.165, 1.54) is 6.20 Å². The number of hydrogen-bond acceptors (Lipinski definition) is 5. The van der Waals surface area contributed by atoms with Crippen LogP contribution in [-0.2, 0) is 0 Å². The van der Waals surface area contributed by atoms with Crippen LogP contribution in [0.25, 0.3) is 16.7 Å². The number of amides is 1. The molecule has 1 aliphatic heterocycles. The molecule has 1 amide bonds. The number of carbonyl (C=O) groups is 2. The zero-order chi connectivity index (χ0) is 22.5. The van der Waals surface area contributed by atoms with E-state index in [-0.39, 0.29) is 11.7 Å². The van der Waals surface area contributed by atoms with Crippen LogP contribution >= 0.6 is 0 Å². The number of carbonyl (C=O) groups excluding carboxylic acids is 2. The molecule has 0 saturated carbocycles. The average Bonchev–Trinajstić information content (AvgIpc) is 3.14. The molecule has 7 heteroatoms. The molecule has 2 aromatic heterocycles. The van der Waals surface area contributed by atoms with E-state index in [1.807, 2.05) is 57.2 Å². The fraction of sp³-hybridized carbons (Fsp3) is 0.200. The van der Waals surface area contributed by atoms with Gasteiger partial charge >= 0.3 is 0 Å². The van der Waals surface area contributed by atoms with Crippen LogP contribution in [0.2, 0.25) is 0 Å². The Balaban J connectivity index is 1.41. The molecule has 5 rings (SSSR count). The Morgan fingerprint density at radius 3 is 2.78 bits per heavy atom. The van der Waals surface area contributed by atoms with Crippen molar-refractivity contribution < 1.29 is 14.3 Å². The van der Waals surface area contributed by atoms with Crippen molar-refractivity contribution in [2.45, 2.75) is 32.8 Å². The molecule has 1 aliphatic rings. The maximum absolute atomic E-state index is 12.9. The van der Waals surface area contributed by atoms with Crippen molar-refractivity contribution >= 4 is 28.3 Å². The van der Waals surface area contributed by atoms with Crippen LogP contribution in [0.4, 0.5) is 5.69 Å². The summed E-state index contributed by atoms with van der Waals surface area (Å²) in [4.78, 5) is 30.1. The minimum Gasteiger partial charge on any atom is -0.487 e. The second kappa shape index (κ2) is 7.30. The number of nitrogens with one attached hydrogen (secondary N) is 1. The maximum atomic E-state index is 12.9. The largest absolute Gasteiger partial charge is 0.487 e. The summed E-state index contributed by atoms with van der Waals surface area (Å²) in [7, 11) is 0. The number of benzene rings is 2. The van der Waals surface area contributed by atoms with Gasteiger partial charge in [-0.15, -0.1) is 0 Å². The van der Waals surface area contributed by atoms with E-state index >= 15 is 0 Å². The molecular weight excluding hydrogens is 404 g/mol. The van der Waals surface area contributed by atoms with Gasteiger partial charge in [-0.25, -0.2) is 9.67 Å². The van der Waals surface area contributed by atoms with Gasteiger partial charge in [0.1, 0.15) is 11.4 Å². The van der Waals surface area contributed by atoms with Crippen LogP contribution in [0.3, 0.4) is 0 Å². The minimum atomic E-state index is -0.530. The molecule has 0 unspecified atom stereocenters. The van der Waals surface area contributed by atoms with Gasteiger partial charge in [-0.2, -0.15) is 5.10 Å². The first-order chi connectivity index (χ1) is 15.3. The van der Waals surface area contributed by atoms with E-state index in [2.05, 4.69) is 15.4 Å². The van der Waals surface area contributed by atoms with Gasteiger partial charge in [0, 0.05) is 11.1 Å². The van der Waals surface area contributed by atoms with Gasteiger partial charge < -0.3 is 10.1 Å². The molecule has 0 fully saturated rings. The van der Waals surface area contributed by atoms with Gasteiger partial charge in [-0.1, -0.05) is 18.2 Å². The monoisotopic (exact) mass is 426 g/mol. The summed E-state index contributed by atoms with van der Waals surface area (Å²) in [5.74, 6) is 0.868. The van der Waals surface area contributed by atoms with Crippen molar-refractivity contribution in [3.8, 4) is 11.6 Å². The minimum absolute atomic E-state index is 0.00118. The summed E-state index contributed by atoms with van der Waals surface area (Å²) in [5.41, 5.74) is 2.44. The standard InChI is InChI=1S/C25H22N4O3/c1-15-19(14-26-29(15)23-11-8-16-6-4-5-7-20(16)28-23)24(31)27-17-9-10-22-18(12-17)21(30)13-25(2,3)32-22/h4-12,14H,13H2,1-3H3,(H,27,31). The zero-order valence-electron chi connectivity index (χ0n) is 18.0. The summed E-state index contributed by atoms with van der Waals surface area (Å²) < 4.78 is 7.53. The summed E-state index contributed by atoms with van der Waals surface area (Å²) in [6.45, 7) is 5.59. The van der Waals surface area contributed by atoms with Gasteiger partial charge in [-0.05, 0) is 57.2 Å². The Bertz CT molecular complexity index is 1390. The molecule has 0 aliphatic carbocycles. The average molecular weight is 426 g/mol. The molecule has 0 radical (unpaired) electrons. The highest BCUT2D eigenvalue weighted by Gasteiger charge is 2.32. The van der Waals surface area contributed by atoms with Crippen LogP contribution in [0.1, 0.15) is 46.7 Å². The summed E-state index contributed by atoms with van der Waals surface area (Å²) >= 11 is 0. The molecular formula is C25H22N4O3. The smallest absolute Gasteiger partial charge is 0.259 e. The van der Waals surface area contributed by atoms with Gasteiger partial charge in [0.15, 0.2) is 11.6 Å². The third-order valence-corrected chi connectivity index (χ3v) is 5.57. The first-order valence-electron chi connectivity index (χ1n) is 10.4. The molecule has 7 nitrogen and oxygen atoms in total. The van der Waals surface area contributed by atoms with Crippen molar-refractivity contribution in [3.05, 3.63) is 77.6 Å². The van der Waals surface area contributed by atoms with Gasteiger partial charge in [0.05, 0.1) is 35.0 Å². The number of ether oxygens (including phenoxy) is 1. The normalized spacial score (nSPS) is 14.7. The Morgan fingerprint density at radius 1 is 1.12 bits per heavy atom. The second-order valence-electron chi connectivity index (χ2n) is 8.54. The van der Waals surface area contributed by atoms with E-state index in [4.69, 9.17) is 4.74 Å². The summed E-state index contributed by atoms with van der Waals surface area (Å²) in [6, 6.07) is 16.8. The third-order valence-electron chi connectivity index (χ3n) is 5.57. The third kappa shape index (κ3) is 3.51. The van der Waals surface area contributed by atoms with Crippen LogP contribution < -0.4 is 10.1 Å². The summed E-state index contributed by atoms with van der Waals surface area (Å²) in [6.07, 6.45) is 1.82. The van der Waals surface area contributed by atoms with Gasteiger partial charge in [0.25, 0.3) is 5.91 Å². The highest BCUT2D eigenvalue weighted by atomic mass is 16.5. The van der Waals surface area contributed by atoms with Crippen molar-refractivity contribution in [1.29, 1.82) is 0 Å². The Labute approximate surface area is 185 Å². The topological polar surface area (TPSA) is 86.1 Å². The highest BCUT2D eigenvalue weighted by molar-refractivity contribution is 6.06. The SMILES string of the molecule is Cc1c(C(=O)Nc2ccc3c(c2)C(=O)CC(C)(C)O3)cnn1-c1ccc2ccccc2n1. The van der Waals surface area contributed by atoms with E-state index in [0.29, 0.717) is 40.5 Å². The number of fused-ring (bicyclic) bond motifs is 2. The van der Waals surface area contributed by atoms with E-state index < -0.39 is 5.60 Å². The number of anilines is 1. The number of pyridine rings is 1. The van der Waals surface area contributed by atoms with Crippen molar-refractivity contribution in [2.24, 2.45) is 0 Å². The van der Waals surface area contributed by atoms with Crippen molar-refractivity contribution in [3.63, 3.8) is 0 Å². The number of aromatic nitrogens is 3. The fourth-order valence-electron chi connectivity index (χ4n) is 3.97. The molecule has 0 bridgehead atoms. The van der Waals surface area contributed by atoms with Crippen molar-refractivity contribution in [1.82, 2.24) is 14.8 Å². The van der Waals surface area contributed by atoms with Gasteiger partial charge in [0.2, 0.25) is 0 Å². The Kier molecular flexibility index (Phi) is 4.55. The first-order valence-corrected chi connectivity index (χ1v) is 10.4. The predicted octanol–water partition coefficient (Wildman–Crippen LogP) is 4.73. The Hall–Kier alpha value is -4.00. The number of rotatable bonds is 3. The van der Waals surface area contributed by atoms with Crippen molar-refractivity contribution in [2.75, 3.05) is 5.32 Å². The number of hydrogen-bond donors (Lipinski definition) is 1. The molecule has 160 valence electrons. The highest BCUT2D eigenvalue weighted by Crippen LogP contribution is 2.34. The van der Waals surface area contributed by atoms with E-state index in [1.54, 1.807) is 22.9 Å². The van der Waals surface area contributed by atoms with Crippen LogP contribution in [0.5, 0.6) is 5.75 Å². The molecule has 0 saturated heterocycles. The lowest BCUT2D eigenvalue weighted by molar-refractivity contribution is 0.0620. The molecule has 2 aromatic carbocycles. The molecule has 32 heavy (non-hydrogen) atoms. The van der Waals surface area contributed by atoms with E-state index in [9.17, 15) is 9.59 Å². The number of ketones is 1. The Morgan fingerprint density at radius 2 is 1.94 bits per heavy atom. The molecule has 0 spiro atoms. The zero-order valence-corrected chi connectivity index (χ0v) is 18.0. The van der Waals surface area contributed by atoms with Gasteiger partial charge in [-0.3, -0.25) is 9.59 Å². The lowest BCUT2D eigenvalue weighted by Gasteiger charge is -2.31. The number of para-hydroxylation sites is 1.